The van der Waals surface area contributed by atoms with Crippen molar-refractivity contribution >= 4 is 23.4 Å². The number of aryl methyl sites for hydroxylation is 1. The Balaban J connectivity index is 2.69. The van der Waals surface area contributed by atoms with Crippen molar-refractivity contribution < 1.29 is 4.79 Å². The number of carbonyl (C=O) groups is 1. The summed E-state index contributed by atoms with van der Waals surface area (Å²) in [5.74, 6) is -0.211. The van der Waals surface area contributed by atoms with Crippen molar-refractivity contribution in [2.45, 2.75) is 38.4 Å². The van der Waals surface area contributed by atoms with Gasteiger partial charge in [-0.05, 0) is 26.0 Å². The Morgan fingerprint density at radius 3 is 2.50 bits per heavy atom. The summed E-state index contributed by atoms with van der Waals surface area (Å²) in [4.78, 5) is 12.0. The molecule has 0 saturated heterocycles. The van der Waals surface area contributed by atoms with Crippen LogP contribution in [0.3, 0.4) is 0 Å². The standard InChI is InChI=1S/C12H22N4OS/c1-5-12(6-2,18-4)7-14-11(17)10-9(13)8(3)15-16-10/h5-7,13H2,1-4H3,(H,14,17)(H,15,16). The maximum absolute atomic E-state index is 12.0. The van der Waals surface area contributed by atoms with Gasteiger partial charge in [-0.2, -0.15) is 16.9 Å². The first-order valence-corrected chi connectivity index (χ1v) is 7.36. The summed E-state index contributed by atoms with van der Waals surface area (Å²) in [6.07, 6.45) is 4.10. The smallest absolute Gasteiger partial charge is 0.273 e. The lowest BCUT2D eigenvalue weighted by Crippen LogP contribution is -2.39. The van der Waals surface area contributed by atoms with E-state index in [2.05, 4.69) is 35.6 Å². The van der Waals surface area contributed by atoms with E-state index >= 15 is 0 Å². The normalized spacial score (nSPS) is 11.6. The van der Waals surface area contributed by atoms with Gasteiger partial charge in [-0.25, -0.2) is 0 Å². The molecule has 1 amide bonds. The highest BCUT2D eigenvalue weighted by molar-refractivity contribution is 8.00. The number of nitrogen functional groups attached to an aromatic ring is 1. The van der Waals surface area contributed by atoms with Gasteiger partial charge in [-0.3, -0.25) is 9.89 Å². The Bertz CT molecular complexity index is 404. The zero-order valence-corrected chi connectivity index (χ0v) is 12.3. The van der Waals surface area contributed by atoms with Crippen molar-refractivity contribution in [3.8, 4) is 0 Å². The van der Waals surface area contributed by atoms with Crippen molar-refractivity contribution in [3.05, 3.63) is 11.4 Å². The third kappa shape index (κ3) is 2.98. The highest BCUT2D eigenvalue weighted by atomic mass is 32.2. The van der Waals surface area contributed by atoms with Gasteiger partial charge in [0.2, 0.25) is 0 Å². The van der Waals surface area contributed by atoms with Crippen LogP contribution in [0.25, 0.3) is 0 Å². The Kier molecular flexibility index (Phi) is 5.07. The molecule has 0 saturated carbocycles. The molecule has 0 aliphatic heterocycles. The second-order valence-corrected chi connectivity index (χ2v) is 5.66. The molecule has 0 bridgehead atoms. The summed E-state index contributed by atoms with van der Waals surface area (Å²) in [5.41, 5.74) is 7.22. The van der Waals surface area contributed by atoms with Crippen molar-refractivity contribution in [3.63, 3.8) is 0 Å². The number of carbonyl (C=O) groups excluding carboxylic acids is 1. The third-order valence-corrected chi connectivity index (χ3v) is 5.09. The van der Waals surface area contributed by atoms with E-state index in [-0.39, 0.29) is 16.3 Å². The maximum atomic E-state index is 12.0. The van der Waals surface area contributed by atoms with Gasteiger partial charge in [0.05, 0.1) is 11.4 Å². The van der Waals surface area contributed by atoms with E-state index in [1.165, 1.54) is 0 Å². The van der Waals surface area contributed by atoms with Gasteiger partial charge in [-0.1, -0.05) is 13.8 Å². The number of hydrogen-bond acceptors (Lipinski definition) is 4. The molecule has 1 rings (SSSR count). The molecule has 4 N–H and O–H groups in total. The van der Waals surface area contributed by atoms with E-state index in [1.807, 2.05) is 0 Å². The zero-order valence-electron chi connectivity index (χ0n) is 11.5. The topological polar surface area (TPSA) is 83.8 Å². The van der Waals surface area contributed by atoms with Gasteiger partial charge in [0.15, 0.2) is 5.69 Å². The highest BCUT2D eigenvalue weighted by Gasteiger charge is 2.26. The fourth-order valence-electron chi connectivity index (χ4n) is 1.80. The van der Waals surface area contributed by atoms with Crippen LogP contribution in [0, 0.1) is 6.92 Å². The van der Waals surface area contributed by atoms with Gasteiger partial charge in [0.1, 0.15) is 0 Å². The number of thioether (sulfide) groups is 1. The van der Waals surface area contributed by atoms with E-state index in [9.17, 15) is 4.79 Å². The van der Waals surface area contributed by atoms with Gasteiger partial charge < -0.3 is 11.1 Å². The third-order valence-electron chi connectivity index (χ3n) is 3.50. The molecule has 0 fully saturated rings. The molecule has 5 nitrogen and oxygen atoms in total. The number of anilines is 1. The predicted octanol–water partition coefficient (Wildman–Crippen LogP) is 1.95. The van der Waals surface area contributed by atoms with E-state index in [4.69, 9.17) is 5.73 Å². The molecule has 0 aliphatic carbocycles. The van der Waals surface area contributed by atoms with Gasteiger partial charge in [0.25, 0.3) is 5.91 Å². The lowest BCUT2D eigenvalue weighted by molar-refractivity contribution is 0.0945. The molecule has 1 heterocycles. The molecule has 6 heteroatoms. The zero-order chi connectivity index (χ0) is 13.8. The Morgan fingerprint density at radius 2 is 2.11 bits per heavy atom. The minimum atomic E-state index is -0.211. The van der Waals surface area contributed by atoms with Crippen molar-refractivity contribution in [1.82, 2.24) is 15.5 Å². The second kappa shape index (κ2) is 6.13. The van der Waals surface area contributed by atoms with Gasteiger partial charge >= 0.3 is 0 Å². The van der Waals surface area contributed by atoms with Crippen LogP contribution in [0.1, 0.15) is 42.9 Å². The molecule has 0 spiro atoms. The van der Waals surface area contributed by atoms with E-state index in [0.717, 1.165) is 18.5 Å². The summed E-state index contributed by atoms with van der Waals surface area (Å²) in [7, 11) is 0. The quantitative estimate of drug-likeness (QED) is 0.737. The largest absolute Gasteiger partial charge is 0.395 e. The van der Waals surface area contributed by atoms with E-state index in [1.54, 1.807) is 18.7 Å². The van der Waals surface area contributed by atoms with Crippen LogP contribution < -0.4 is 11.1 Å². The number of nitrogens with one attached hydrogen (secondary N) is 2. The number of aromatic nitrogens is 2. The summed E-state index contributed by atoms with van der Waals surface area (Å²) >= 11 is 1.79. The van der Waals surface area contributed by atoms with Crippen LogP contribution in [-0.4, -0.2) is 33.7 Å². The van der Waals surface area contributed by atoms with Crippen LogP contribution in [0.2, 0.25) is 0 Å². The fraction of sp³-hybridized carbons (Fsp3) is 0.667. The molecule has 1 aromatic rings. The number of amides is 1. The number of hydrogen-bond donors (Lipinski definition) is 3. The first-order chi connectivity index (χ1) is 8.49. The molecule has 0 aliphatic rings. The van der Waals surface area contributed by atoms with Crippen LogP contribution >= 0.6 is 11.8 Å². The molecule has 0 unspecified atom stereocenters. The molecule has 1 aromatic heterocycles. The van der Waals surface area contributed by atoms with Crippen molar-refractivity contribution in [1.29, 1.82) is 0 Å². The molecule has 102 valence electrons. The maximum Gasteiger partial charge on any atom is 0.273 e. The molecule has 0 radical (unpaired) electrons. The lowest BCUT2D eigenvalue weighted by Gasteiger charge is -2.29. The van der Waals surface area contributed by atoms with Crippen molar-refractivity contribution in [2.24, 2.45) is 0 Å². The van der Waals surface area contributed by atoms with Crippen LogP contribution in [0.4, 0.5) is 5.69 Å². The number of nitrogens with zero attached hydrogens (tertiary/aromatic N) is 1. The van der Waals surface area contributed by atoms with Crippen LogP contribution in [-0.2, 0) is 0 Å². The molecule has 0 atom stereocenters. The summed E-state index contributed by atoms with van der Waals surface area (Å²) in [6.45, 7) is 6.70. The monoisotopic (exact) mass is 270 g/mol. The van der Waals surface area contributed by atoms with Crippen molar-refractivity contribution in [2.75, 3.05) is 18.5 Å². The average molecular weight is 270 g/mol. The van der Waals surface area contributed by atoms with Crippen LogP contribution in [0.5, 0.6) is 0 Å². The minimum absolute atomic E-state index is 0.0930. The first kappa shape index (κ1) is 14.9. The predicted molar refractivity (Wildman–Crippen MR) is 76.9 cm³/mol. The average Bonchev–Trinajstić information content (AvgIpc) is 2.72. The SMILES string of the molecule is CCC(CC)(CNC(=O)c1n[nH]c(C)c1N)SC. The second-order valence-electron chi connectivity index (χ2n) is 4.39. The Hall–Kier alpha value is -1.17. The Morgan fingerprint density at radius 1 is 1.50 bits per heavy atom. The summed E-state index contributed by atoms with van der Waals surface area (Å²) in [6, 6.07) is 0. The number of H-pyrrole nitrogens is 1. The van der Waals surface area contributed by atoms with E-state index in [0.29, 0.717) is 12.2 Å². The molecular formula is C12H22N4OS. The lowest BCUT2D eigenvalue weighted by atomic mass is 10.0. The summed E-state index contributed by atoms with van der Waals surface area (Å²) < 4.78 is 0.0930. The molecular weight excluding hydrogens is 248 g/mol. The van der Waals surface area contributed by atoms with Gasteiger partial charge in [-0.15, -0.1) is 0 Å². The van der Waals surface area contributed by atoms with E-state index < -0.39 is 0 Å². The van der Waals surface area contributed by atoms with Gasteiger partial charge in [0, 0.05) is 11.3 Å². The van der Waals surface area contributed by atoms with Crippen LogP contribution in [0.15, 0.2) is 0 Å². The molecule has 18 heavy (non-hydrogen) atoms. The first-order valence-electron chi connectivity index (χ1n) is 6.13. The number of aromatic amines is 1. The fourth-order valence-corrected chi connectivity index (χ4v) is 2.59. The summed E-state index contributed by atoms with van der Waals surface area (Å²) in [5, 5.41) is 9.56. The number of nitrogens with two attached hydrogens (primary N) is 1. The Labute approximate surface area is 112 Å². The molecule has 0 aromatic carbocycles. The highest BCUT2D eigenvalue weighted by Crippen LogP contribution is 2.29. The number of rotatable bonds is 6. The minimum Gasteiger partial charge on any atom is -0.395 e.